The Bertz CT molecular complexity index is 1730. The molecule has 1 aliphatic rings. The first-order valence-electron chi connectivity index (χ1n) is 15.4. The van der Waals surface area contributed by atoms with Crippen molar-refractivity contribution in [1.29, 1.82) is 5.26 Å². The predicted molar refractivity (Wildman–Crippen MR) is 170 cm³/mol. The van der Waals surface area contributed by atoms with Crippen molar-refractivity contribution >= 4 is 40.4 Å². The Balaban J connectivity index is 1.15. The smallest absolute Gasteiger partial charge is 0.268 e. The lowest BCUT2D eigenvalue weighted by Gasteiger charge is -2.19. The number of amides is 5. The number of hydrogen-bond donors (Lipinski definition) is 5. The Kier molecular flexibility index (Phi) is 12.4. The number of phenols is 1. The Morgan fingerprint density at radius 3 is 2.31 bits per heavy atom. The van der Waals surface area contributed by atoms with Crippen molar-refractivity contribution in [1.82, 2.24) is 31.2 Å². The number of alkyl halides is 2. The monoisotopic (exact) mass is 679 g/mol. The third-order valence-corrected chi connectivity index (χ3v) is 7.49. The number of ether oxygens (including phenoxy) is 1. The molecule has 0 radical (unpaired) electrons. The van der Waals surface area contributed by atoms with E-state index in [0.717, 1.165) is 10.5 Å². The van der Waals surface area contributed by atoms with Crippen molar-refractivity contribution < 1.29 is 42.6 Å². The zero-order valence-corrected chi connectivity index (χ0v) is 26.3. The first-order valence-corrected chi connectivity index (χ1v) is 15.4. The van der Waals surface area contributed by atoms with E-state index in [4.69, 9.17) is 10.00 Å². The van der Waals surface area contributed by atoms with Crippen LogP contribution in [0.15, 0.2) is 54.7 Å². The molecule has 0 bridgehead atoms. The van der Waals surface area contributed by atoms with E-state index >= 15 is 0 Å². The van der Waals surface area contributed by atoms with Gasteiger partial charge in [0.15, 0.2) is 6.61 Å². The van der Waals surface area contributed by atoms with E-state index in [1.807, 2.05) is 0 Å². The molecule has 0 saturated carbocycles. The molecule has 3 aromatic rings. The van der Waals surface area contributed by atoms with Crippen LogP contribution in [0.3, 0.4) is 0 Å². The Morgan fingerprint density at radius 2 is 1.61 bits per heavy atom. The van der Waals surface area contributed by atoms with E-state index < -0.39 is 49.2 Å². The molecule has 1 unspecified atom stereocenters. The molecule has 49 heavy (non-hydrogen) atoms. The lowest BCUT2D eigenvalue weighted by atomic mass is 10.1. The number of carbonyl (C=O) groups excluding carboxylic acids is 5. The summed E-state index contributed by atoms with van der Waals surface area (Å²) in [6.45, 7) is -1.22. The summed E-state index contributed by atoms with van der Waals surface area (Å²) in [6, 6.07) is 13.1. The third-order valence-electron chi connectivity index (χ3n) is 7.49. The molecule has 1 aromatic heterocycles. The molecular formula is C33H35F2N7O7. The summed E-state index contributed by atoms with van der Waals surface area (Å²) in [4.78, 5) is 66.7. The van der Waals surface area contributed by atoms with Crippen molar-refractivity contribution in [3.05, 3.63) is 65.9 Å². The SMILES string of the molecule is N#CC1CC(F)(F)CN1C(=O)CNC(=O)c1ccnc2ccc(OCC(=O)NCCNC(=O)CCC(=O)NCCc3ccc(O)cc3)cc12. The van der Waals surface area contributed by atoms with Gasteiger partial charge in [-0.15, -0.1) is 0 Å². The average Bonchev–Trinajstić information content (AvgIpc) is 3.42. The van der Waals surface area contributed by atoms with Gasteiger partial charge >= 0.3 is 0 Å². The number of nitrogens with zero attached hydrogens (tertiary/aromatic N) is 3. The minimum absolute atomic E-state index is 0.00719. The fourth-order valence-electron chi connectivity index (χ4n) is 4.98. The van der Waals surface area contributed by atoms with Crippen LogP contribution >= 0.6 is 0 Å². The normalized spacial score (nSPS) is 14.8. The lowest BCUT2D eigenvalue weighted by molar-refractivity contribution is -0.131. The van der Waals surface area contributed by atoms with Crippen molar-refractivity contribution in [3.8, 4) is 17.6 Å². The Hall–Kier alpha value is -5.85. The summed E-state index contributed by atoms with van der Waals surface area (Å²) in [5, 5.41) is 29.1. The summed E-state index contributed by atoms with van der Waals surface area (Å²) >= 11 is 0. The number of halogens is 2. The van der Waals surface area contributed by atoms with Crippen molar-refractivity contribution in [3.63, 3.8) is 0 Å². The van der Waals surface area contributed by atoms with Gasteiger partial charge in [0.25, 0.3) is 17.7 Å². The van der Waals surface area contributed by atoms with Crippen LogP contribution in [-0.2, 0) is 25.6 Å². The first kappa shape index (κ1) is 36.0. The van der Waals surface area contributed by atoms with E-state index in [2.05, 4.69) is 26.3 Å². The molecule has 1 atom stereocenters. The second kappa shape index (κ2) is 16.8. The summed E-state index contributed by atoms with van der Waals surface area (Å²) < 4.78 is 33.0. The Labute approximate surface area is 279 Å². The molecular weight excluding hydrogens is 644 g/mol. The summed E-state index contributed by atoms with van der Waals surface area (Å²) in [5.74, 6) is -5.36. The molecule has 1 saturated heterocycles. The maximum atomic E-state index is 13.7. The van der Waals surface area contributed by atoms with Crippen LogP contribution in [0.4, 0.5) is 8.78 Å². The number of aromatic hydroxyl groups is 1. The van der Waals surface area contributed by atoms with Gasteiger partial charge in [0.05, 0.1) is 30.2 Å². The van der Waals surface area contributed by atoms with Crippen LogP contribution < -0.4 is 26.0 Å². The van der Waals surface area contributed by atoms with Crippen LogP contribution in [-0.4, -0.2) is 95.8 Å². The number of nitrogens with one attached hydrogen (secondary N) is 4. The summed E-state index contributed by atoms with van der Waals surface area (Å²) in [7, 11) is 0. The zero-order valence-electron chi connectivity index (χ0n) is 26.3. The van der Waals surface area contributed by atoms with Crippen LogP contribution in [0.25, 0.3) is 10.9 Å². The van der Waals surface area contributed by atoms with E-state index in [-0.39, 0.29) is 61.4 Å². The van der Waals surface area contributed by atoms with Gasteiger partial charge in [0.2, 0.25) is 17.7 Å². The van der Waals surface area contributed by atoms with Crippen molar-refractivity contribution in [2.45, 2.75) is 37.6 Å². The van der Waals surface area contributed by atoms with Gasteiger partial charge in [0.1, 0.15) is 17.5 Å². The number of fused-ring (bicyclic) bond motifs is 1. The number of likely N-dealkylation sites (tertiary alicyclic amines) is 1. The standard InChI is InChI=1S/C33H35F2N7O7/c34-33(35)16-22(17-36)42(20-33)31(47)18-41-32(48)25-10-12-37-27-6-5-24(15-26(25)27)49-19-30(46)40-14-13-39-29(45)8-7-28(44)38-11-9-21-1-3-23(43)4-2-21/h1-6,10,12,15,22,43H,7-9,11,13-14,16,18-20H2,(H,38,44)(H,39,45)(H,40,46)(H,41,48). The second-order valence-electron chi connectivity index (χ2n) is 11.2. The molecule has 14 nitrogen and oxygen atoms in total. The first-order chi connectivity index (χ1) is 23.4. The summed E-state index contributed by atoms with van der Waals surface area (Å²) in [5.41, 5.74) is 1.49. The molecule has 2 heterocycles. The molecule has 2 aromatic carbocycles. The summed E-state index contributed by atoms with van der Waals surface area (Å²) in [6.07, 6.45) is 1.19. The van der Waals surface area contributed by atoms with Crippen LogP contribution in [0.2, 0.25) is 0 Å². The van der Waals surface area contributed by atoms with Crippen LogP contribution in [0, 0.1) is 11.3 Å². The van der Waals surface area contributed by atoms with Gasteiger partial charge < -0.3 is 36.0 Å². The largest absolute Gasteiger partial charge is 0.508 e. The molecule has 5 N–H and O–H groups in total. The minimum atomic E-state index is -3.18. The fourth-order valence-corrected chi connectivity index (χ4v) is 4.98. The number of carbonyl (C=O) groups is 5. The average molecular weight is 680 g/mol. The Morgan fingerprint density at radius 1 is 0.939 bits per heavy atom. The van der Waals surface area contributed by atoms with Crippen LogP contribution in [0.1, 0.15) is 35.2 Å². The van der Waals surface area contributed by atoms with E-state index in [1.54, 1.807) is 42.5 Å². The minimum Gasteiger partial charge on any atom is -0.508 e. The number of aromatic nitrogens is 1. The maximum Gasteiger partial charge on any atom is 0.268 e. The van der Waals surface area contributed by atoms with E-state index in [9.17, 15) is 37.9 Å². The maximum absolute atomic E-state index is 13.7. The highest BCUT2D eigenvalue weighted by atomic mass is 19.3. The highest BCUT2D eigenvalue weighted by Crippen LogP contribution is 2.31. The fraction of sp³-hybridized carbons (Fsp3) is 0.364. The van der Waals surface area contributed by atoms with Gasteiger partial charge in [-0.1, -0.05) is 12.1 Å². The van der Waals surface area contributed by atoms with Gasteiger partial charge in [-0.3, -0.25) is 29.0 Å². The van der Waals surface area contributed by atoms with E-state index in [1.165, 1.54) is 18.3 Å². The molecule has 5 amide bonds. The highest BCUT2D eigenvalue weighted by molar-refractivity contribution is 6.07. The second-order valence-corrected chi connectivity index (χ2v) is 11.2. The van der Waals surface area contributed by atoms with Crippen LogP contribution in [0.5, 0.6) is 11.5 Å². The molecule has 258 valence electrons. The third kappa shape index (κ3) is 10.8. The zero-order chi connectivity index (χ0) is 35.4. The molecule has 0 aliphatic carbocycles. The molecule has 0 spiro atoms. The van der Waals surface area contributed by atoms with Gasteiger partial charge in [-0.05, 0) is 48.4 Å². The molecule has 16 heteroatoms. The molecule has 1 aliphatic heterocycles. The quantitative estimate of drug-likeness (QED) is 0.146. The number of phenolic OH excluding ortho intramolecular Hbond substituents is 1. The van der Waals surface area contributed by atoms with Crippen molar-refractivity contribution in [2.24, 2.45) is 0 Å². The number of nitriles is 1. The molecule has 4 rings (SSSR count). The van der Waals surface area contributed by atoms with Gasteiger partial charge in [-0.2, -0.15) is 5.26 Å². The van der Waals surface area contributed by atoms with Crippen molar-refractivity contribution in [2.75, 3.05) is 39.3 Å². The van der Waals surface area contributed by atoms with Gasteiger partial charge in [-0.25, -0.2) is 8.78 Å². The number of pyridine rings is 1. The highest BCUT2D eigenvalue weighted by Gasteiger charge is 2.47. The number of hydrogen-bond acceptors (Lipinski definition) is 9. The topological polar surface area (TPSA) is 203 Å². The lowest BCUT2D eigenvalue weighted by Crippen LogP contribution is -2.43. The van der Waals surface area contributed by atoms with Gasteiger partial charge in [0, 0.05) is 50.5 Å². The number of rotatable bonds is 15. The molecule has 1 fully saturated rings. The van der Waals surface area contributed by atoms with E-state index in [0.29, 0.717) is 23.9 Å². The predicted octanol–water partition coefficient (Wildman–Crippen LogP) is 1.18. The number of benzene rings is 2.